The van der Waals surface area contributed by atoms with E-state index in [1.807, 2.05) is 0 Å². The van der Waals surface area contributed by atoms with Crippen molar-refractivity contribution in [1.82, 2.24) is 0 Å². The van der Waals surface area contributed by atoms with Crippen LogP contribution in [0, 0.1) is 57.2 Å². The summed E-state index contributed by atoms with van der Waals surface area (Å²) in [7, 11) is 0. The van der Waals surface area contributed by atoms with Gasteiger partial charge in [0.2, 0.25) is 0 Å². The standard InChI is InChI=1S/C29H48O2/c1-18-9-14-29(17-30)16-15-27(5)22(25(29)19(18)2)7-8-24-26(4)12-11-23(31)20(3)21(26)10-13-28(24,27)6/h7,18-21,23-25,30-31H,8-17H2,1-6H3/t18-,19?,20?,21?,23?,24?,25?,26?,27-,28?,29?/m1/s1. The third-order valence-electron chi connectivity index (χ3n) is 13.0. The first-order chi connectivity index (χ1) is 14.5. The Balaban J connectivity index is 1.59. The molecule has 0 aromatic carbocycles. The van der Waals surface area contributed by atoms with Crippen molar-refractivity contribution in [1.29, 1.82) is 0 Å². The number of hydrogen-bond acceptors (Lipinski definition) is 2. The maximum Gasteiger partial charge on any atom is 0.0568 e. The van der Waals surface area contributed by atoms with Gasteiger partial charge in [-0.25, -0.2) is 0 Å². The summed E-state index contributed by atoms with van der Waals surface area (Å²) < 4.78 is 0. The van der Waals surface area contributed by atoms with Gasteiger partial charge in [-0.3, -0.25) is 0 Å². The molecule has 0 bridgehead atoms. The summed E-state index contributed by atoms with van der Waals surface area (Å²) in [6.45, 7) is 15.5. The van der Waals surface area contributed by atoms with Gasteiger partial charge in [-0.15, -0.1) is 0 Å². The predicted octanol–water partition coefficient (Wildman–Crippen LogP) is 6.61. The molecule has 176 valence electrons. The maximum atomic E-state index is 10.7. The zero-order valence-electron chi connectivity index (χ0n) is 21.1. The van der Waals surface area contributed by atoms with E-state index < -0.39 is 0 Å². The molecule has 0 saturated heterocycles. The predicted molar refractivity (Wildman–Crippen MR) is 127 cm³/mol. The highest BCUT2D eigenvalue weighted by Gasteiger charge is 2.67. The molecule has 5 rings (SSSR count). The van der Waals surface area contributed by atoms with Gasteiger partial charge >= 0.3 is 0 Å². The fourth-order valence-corrected chi connectivity index (χ4v) is 10.5. The Morgan fingerprint density at radius 3 is 2.35 bits per heavy atom. The highest BCUT2D eigenvalue weighted by molar-refractivity contribution is 5.33. The molecule has 0 aromatic rings. The fraction of sp³-hybridized carbons (Fsp3) is 0.931. The Kier molecular flexibility index (Phi) is 5.13. The molecule has 2 heteroatoms. The highest BCUT2D eigenvalue weighted by Crippen LogP contribution is 2.74. The van der Waals surface area contributed by atoms with E-state index in [0.29, 0.717) is 41.1 Å². The molecule has 5 aliphatic rings. The van der Waals surface area contributed by atoms with Crippen LogP contribution >= 0.6 is 0 Å². The topological polar surface area (TPSA) is 40.5 Å². The molecule has 31 heavy (non-hydrogen) atoms. The normalized spacial score (nSPS) is 59.0. The van der Waals surface area contributed by atoms with E-state index in [-0.39, 0.29) is 16.9 Å². The minimum Gasteiger partial charge on any atom is -0.396 e. The van der Waals surface area contributed by atoms with E-state index in [0.717, 1.165) is 18.3 Å². The molecule has 0 heterocycles. The summed E-state index contributed by atoms with van der Waals surface area (Å²) in [5, 5.41) is 21.3. The van der Waals surface area contributed by atoms with Gasteiger partial charge in [0.05, 0.1) is 6.10 Å². The lowest BCUT2D eigenvalue weighted by molar-refractivity contribution is -0.184. The Morgan fingerprint density at radius 2 is 1.65 bits per heavy atom. The number of fused-ring (bicyclic) bond motifs is 7. The molecular formula is C29H48O2. The van der Waals surface area contributed by atoms with E-state index in [2.05, 4.69) is 47.6 Å². The van der Waals surface area contributed by atoms with Gasteiger partial charge in [-0.05, 0) is 110 Å². The largest absolute Gasteiger partial charge is 0.396 e. The van der Waals surface area contributed by atoms with Crippen molar-refractivity contribution in [2.45, 2.75) is 105 Å². The van der Waals surface area contributed by atoms with Crippen LogP contribution in [0.15, 0.2) is 11.6 Å². The fourth-order valence-electron chi connectivity index (χ4n) is 10.5. The van der Waals surface area contributed by atoms with Gasteiger partial charge in [0.15, 0.2) is 0 Å². The van der Waals surface area contributed by atoms with Gasteiger partial charge in [0.1, 0.15) is 0 Å². The maximum absolute atomic E-state index is 10.7. The van der Waals surface area contributed by atoms with Crippen molar-refractivity contribution >= 4 is 0 Å². The third-order valence-corrected chi connectivity index (χ3v) is 13.0. The average Bonchev–Trinajstić information content (AvgIpc) is 2.74. The number of rotatable bonds is 1. The van der Waals surface area contributed by atoms with Crippen molar-refractivity contribution in [3.63, 3.8) is 0 Å². The SMILES string of the molecule is CC1C(O)CCC2(C)C1CCC1(C)C2CC=C2C3C(C)[C@H](C)CCC3(CO)CC[C@]21C. The molecule has 2 nitrogen and oxygen atoms in total. The third kappa shape index (κ3) is 2.70. The summed E-state index contributed by atoms with van der Waals surface area (Å²) in [5.41, 5.74) is 2.83. The van der Waals surface area contributed by atoms with Crippen LogP contribution in [-0.4, -0.2) is 22.9 Å². The second kappa shape index (κ2) is 7.08. The van der Waals surface area contributed by atoms with Crippen molar-refractivity contribution in [3.05, 3.63) is 11.6 Å². The lowest BCUT2D eigenvalue weighted by Crippen LogP contribution is -2.63. The first kappa shape index (κ1) is 22.5. The summed E-state index contributed by atoms with van der Waals surface area (Å²) in [5.74, 6) is 3.82. The minimum absolute atomic E-state index is 0.0999. The quantitative estimate of drug-likeness (QED) is 0.461. The summed E-state index contributed by atoms with van der Waals surface area (Å²) in [4.78, 5) is 0. The van der Waals surface area contributed by atoms with Gasteiger partial charge in [0.25, 0.3) is 0 Å². The Labute approximate surface area is 191 Å². The lowest BCUT2D eigenvalue weighted by Gasteiger charge is -2.70. The smallest absolute Gasteiger partial charge is 0.0568 e. The monoisotopic (exact) mass is 428 g/mol. The number of allylic oxidation sites excluding steroid dienone is 2. The van der Waals surface area contributed by atoms with Crippen LogP contribution in [0.1, 0.15) is 99.3 Å². The molecule has 9 unspecified atom stereocenters. The molecule has 4 saturated carbocycles. The van der Waals surface area contributed by atoms with Crippen molar-refractivity contribution in [2.75, 3.05) is 6.61 Å². The van der Waals surface area contributed by atoms with E-state index in [1.165, 1.54) is 51.4 Å². The van der Waals surface area contributed by atoms with Crippen LogP contribution in [0.3, 0.4) is 0 Å². The molecule has 0 aromatic heterocycles. The average molecular weight is 429 g/mol. The van der Waals surface area contributed by atoms with Crippen LogP contribution in [0.4, 0.5) is 0 Å². The molecule has 0 spiro atoms. The van der Waals surface area contributed by atoms with Crippen LogP contribution in [-0.2, 0) is 0 Å². The first-order valence-corrected chi connectivity index (χ1v) is 13.5. The van der Waals surface area contributed by atoms with Gasteiger partial charge < -0.3 is 10.2 Å². The Hall–Kier alpha value is -0.340. The molecule has 0 aliphatic heterocycles. The van der Waals surface area contributed by atoms with Crippen molar-refractivity contribution in [3.8, 4) is 0 Å². The summed E-state index contributed by atoms with van der Waals surface area (Å²) in [6, 6.07) is 0. The van der Waals surface area contributed by atoms with Crippen molar-refractivity contribution in [2.24, 2.45) is 57.2 Å². The summed E-state index contributed by atoms with van der Waals surface area (Å²) in [6.07, 6.45) is 13.5. The van der Waals surface area contributed by atoms with Gasteiger partial charge in [-0.1, -0.05) is 53.2 Å². The minimum atomic E-state index is -0.0999. The number of aliphatic hydroxyl groups is 2. The van der Waals surface area contributed by atoms with Crippen LogP contribution in [0.25, 0.3) is 0 Å². The second-order valence-electron chi connectivity index (χ2n) is 13.7. The van der Waals surface area contributed by atoms with E-state index in [9.17, 15) is 10.2 Å². The van der Waals surface area contributed by atoms with E-state index in [1.54, 1.807) is 5.57 Å². The van der Waals surface area contributed by atoms with Crippen LogP contribution in [0.5, 0.6) is 0 Å². The molecule has 2 N–H and O–H groups in total. The zero-order chi connectivity index (χ0) is 22.4. The lowest BCUT2D eigenvalue weighted by atomic mass is 9.34. The Bertz CT molecular complexity index is 758. The van der Waals surface area contributed by atoms with Crippen LogP contribution < -0.4 is 0 Å². The number of hydrogen-bond donors (Lipinski definition) is 2. The molecule has 0 amide bonds. The van der Waals surface area contributed by atoms with E-state index in [4.69, 9.17) is 0 Å². The summed E-state index contributed by atoms with van der Waals surface area (Å²) >= 11 is 0. The molecule has 5 aliphatic carbocycles. The molecular weight excluding hydrogens is 380 g/mol. The van der Waals surface area contributed by atoms with Gasteiger partial charge in [-0.2, -0.15) is 0 Å². The van der Waals surface area contributed by atoms with E-state index >= 15 is 0 Å². The first-order valence-electron chi connectivity index (χ1n) is 13.5. The molecule has 0 radical (unpaired) electrons. The number of aliphatic hydroxyl groups excluding tert-OH is 2. The highest BCUT2D eigenvalue weighted by atomic mass is 16.3. The Morgan fingerprint density at radius 1 is 0.903 bits per heavy atom. The molecule has 4 fully saturated rings. The zero-order valence-corrected chi connectivity index (χ0v) is 21.1. The second-order valence-corrected chi connectivity index (χ2v) is 13.7. The van der Waals surface area contributed by atoms with Gasteiger partial charge in [0, 0.05) is 12.0 Å². The molecule has 11 atom stereocenters. The van der Waals surface area contributed by atoms with Crippen LogP contribution in [0.2, 0.25) is 0 Å². The van der Waals surface area contributed by atoms with Crippen molar-refractivity contribution < 1.29 is 10.2 Å².